The molecule has 2 aromatic rings. The van der Waals surface area contributed by atoms with Gasteiger partial charge in [-0.25, -0.2) is 0 Å². The van der Waals surface area contributed by atoms with Crippen LogP contribution in [-0.2, 0) is 21.4 Å². The molecule has 0 saturated carbocycles. The first kappa shape index (κ1) is 27.0. The summed E-state index contributed by atoms with van der Waals surface area (Å²) < 4.78 is 5.71. The lowest BCUT2D eigenvalue weighted by atomic mass is 9.54. The lowest BCUT2D eigenvalue weighted by Gasteiger charge is -2.49. The van der Waals surface area contributed by atoms with E-state index in [0.29, 0.717) is 11.3 Å². The Bertz CT molecular complexity index is 1760. The molecule has 0 bridgehead atoms. The zero-order valence-electron chi connectivity index (χ0n) is 22.8. The molecule has 3 atom stereocenters. The van der Waals surface area contributed by atoms with Crippen molar-refractivity contribution in [1.82, 2.24) is 0 Å². The molecule has 0 heterocycles. The number of methoxy groups -OCH3 is 1. The molecule has 214 valence electrons. The van der Waals surface area contributed by atoms with Gasteiger partial charge in [0.1, 0.15) is 22.8 Å². The van der Waals surface area contributed by atoms with Gasteiger partial charge in [0.15, 0.2) is 22.9 Å². The van der Waals surface area contributed by atoms with Crippen LogP contribution in [0.3, 0.4) is 0 Å². The number of Topliss-reactive ketones (excluding diaryl/α,β-unsaturated/α-hetero) is 3. The number of phenolic OH excluding ortho intramolecular Hbond substituents is 2. The Balaban J connectivity index is 1.80. The second-order valence-electron chi connectivity index (χ2n) is 12.1. The molecule has 2 aromatic carbocycles. The average Bonchev–Trinajstić information content (AvgIpc) is 3.24. The van der Waals surface area contributed by atoms with Gasteiger partial charge in [0.05, 0.1) is 24.5 Å². The summed E-state index contributed by atoms with van der Waals surface area (Å²) in [5.74, 6) is -8.17. The zero-order valence-corrected chi connectivity index (χ0v) is 22.8. The Hall–Kier alpha value is -4.22. The van der Waals surface area contributed by atoms with E-state index in [9.17, 15) is 44.7 Å². The van der Waals surface area contributed by atoms with E-state index < -0.39 is 85.7 Å². The van der Waals surface area contributed by atoms with Gasteiger partial charge in [-0.15, -0.1) is 0 Å². The van der Waals surface area contributed by atoms with Crippen LogP contribution in [0.1, 0.15) is 71.9 Å². The number of ketones is 3. The molecule has 1 spiro atoms. The quantitative estimate of drug-likeness (QED) is 0.231. The van der Waals surface area contributed by atoms with Crippen molar-refractivity contribution in [3.8, 4) is 17.2 Å². The summed E-state index contributed by atoms with van der Waals surface area (Å²) >= 11 is 0. The number of hydrogen-bond donors (Lipinski definition) is 6. The normalized spacial score (nSPS) is 30.0. The number of rotatable bonds is 2. The number of phenols is 2. The highest BCUT2D eigenvalue weighted by atomic mass is 16.5. The molecule has 0 saturated heterocycles. The second kappa shape index (κ2) is 7.74. The van der Waals surface area contributed by atoms with Crippen LogP contribution >= 0.6 is 0 Å². The highest BCUT2D eigenvalue weighted by molar-refractivity contribution is 6.32. The summed E-state index contributed by atoms with van der Waals surface area (Å²) in [6, 6.07) is 1.31. The molecular weight excluding hydrogens is 534 g/mol. The van der Waals surface area contributed by atoms with Crippen molar-refractivity contribution < 1.29 is 49.4 Å². The fourth-order valence-corrected chi connectivity index (χ4v) is 7.92. The lowest BCUT2D eigenvalue weighted by molar-refractivity contribution is -0.139. The number of aliphatic hydroxyl groups is 3. The predicted octanol–water partition coefficient (Wildman–Crippen LogP) is 1.93. The Morgan fingerprint density at radius 1 is 1.00 bits per heavy atom. The number of ether oxygens (including phenoxy) is 1. The topological polar surface area (TPSA) is 205 Å². The van der Waals surface area contributed by atoms with Crippen LogP contribution in [0.2, 0.25) is 0 Å². The number of amides is 1. The minimum atomic E-state index is -3.51. The van der Waals surface area contributed by atoms with Gasteiger partial charge >= 0.3 is 0 Å². The molecule has 4 aliphatic carbocycles. The maximum absolute atomic E-state index is 14.3. The maximum Gasteiger partial charge on any atom is 0.255 e. The Morgan fingerprint density at radius 3 is 2.24 bits per heavy atom. The number of allylic oxidation sites excluding steroid dienone is 2. The number of aromatic hydroxyl groups is 2. The highest BCUT2D eigenvalue weighted by Gasteiger charge is 2.71. The number of fused-ring (bicyclic) bond motifs is 4. The number of primary amides is 1. The molecule has 0 aliphatic heterocycles. The molecule has 3 unspecified atom stereocenters. The third kappa shape index (κ3) is 2.71. The van der Waals surface area contributed by atoms with Gasteiger partial charge in [-0.2, -0.15) is 0 Å². The number of carbonyl (C=O) groups excluding carboxylic acids is 4. The first-order valence-electron chi connectivity index (χ1n) is 13.1. The molecule has 6 rings (SSSR count). The largest absolute Gasteiger partial charge is 0.508 e. The van der Waals surface area contributed by atoms with E-state index >= 15 is 0 Å². The highest BCUT2D eigenvalue weighted by Crippen LogP contribution is 2.65. The van der Waals surface area contributed by atoms with Crippen molar-refractivity contribution in [2.45, 2.75) is 63.1 Å². The van der Waals surface area contributed by atoms with Gasteiger partial charge in [0, 0.05) is 28.0 Å². The maximum atomic E-state index is 14.3. The van der Waals surface area contributed by atoms with Crippen molar-refractivity contribution in [3.05, 3.63) is 51.3 Å². The van der Waals surface area contributed by atoms with Crippen LogP contribution < -0.4 is 10.5 Å². The molecule has 11 heteroatoms. The van der Waals surface area contributed by atoms with Crippen molar-refractivity contribution in [3.63, 3.8) is 0 Å². The van der Waals surface area contributed by atoms with Crippen molar-refractivity contribution in [1.29, 1.82) is 0 Å². The summed E-state index contributed by atoms with van der Waals surface area (Å²) in [6.07, 6.45) is 2.46. The van der Waals surface area contributed by atoms with Crippen LogP contribution in [0.15, 0.2) is 29.0 Å². The Labute approximate surface area is 233 Å². The van der Waals surface area contributed by atoms with Crippen molar-refractivity contribution in [2.75, 3.05) is 7.11 Å². The monoisotopic (exact) mass is 563 g/mol. The molecular formula is C30H29NO10. The summed E-state index contributed by atoms with van der Waals surface area (Å²) in [6.45, 7) is 6.03. The summed E-state index contributed by atoms with van der Waals surface area (Å²) in [4.78, 5) is 53.1. The van der Waals surface area contributed by atoms with E-state index in [4.69, 9.17) is 10.5 Å². The number of benzene rings is 2. The second-order valence-corrected chi connectivity index (χ2v) is 12.1. The standard InChI is InChI=1S/C30H29NO10/c1-11-6-5-7-27(2,3)28(11)9-12-16-18(13(32)8-15(41-4)21(16)28)22(34)20-17(12)23(35)29(39)10-14(33)19(26(31)38)24(36)30(29,40)25(20)37/h6,8,32,34,36,39-40H,5,7,9-10H2,1-4H3,(H2,31,38). The predicted molar refractivity (Wildman–Crippen MR) is 143 cm³/mol. The van der Waals surface area contributed by atoms with Gasteiger partial charge in [0.25, 0.3) is 5.91 Å². The fourth-order valence-electron chi connectivity index (χ4n) is 7.92. The van der Waals surface area contributed by atoms with Gasteiger partial charge < -0.3 is 36.0 Å². The van der Waals surface area contributed by atoms with Crippen LogP contribution in [-0.4, -0.2) is 67.1 Å². The lowest BCUT2D eigenvalue weighted by Crippen LogP contribution is -2.70. The number of carbonyl (C=O) groups is 4. The van der Waals surface area contributed by atoms with E-state index in [1.54, 1.807) is 0 Å². The van der Waals surface area contributed by atoms with Crippen LogP contribution in [0.5, 0.6) is 17.2 Å². The van der Waals surface area contributed by atoms with E-state index in [1.165, 1.54) is 13.2 Å². The first-order valence-corrected chi connectivity index (χ1v) is 13.1. The minimum Gasteiger partial charge on any atom is -0.508 e. The Morgan fingerprint density at radius 2 is 1.66 bits per heavy atom. The number of hydrogen-bond acceptors (Lipinski definition) is 10. The van der Waals surface area contributed by atoms with E-state index in [0.717, 1.165) is 18.4 Å². The SMILES string of the molecule is COc1cc(O)c2c(O)c3c(c4c2c1C1(C4)C(C)=CCCC1(C)C)C(=O)C1(O)CC(=O)C(C(N)=O)=C(O)C1(O)C3=O. The molecule has 7 N–H and O–H groups in total. The molecule has 41 heavy (non-hydrogen) atoms. The van der Waals surface area contributed by atoms with Crippen molar-refractivity contribution >= 4 is 34.0 Å². The van der Waals surface area contributed by atoms with Crippen LogP contribution in [0, 0.1) is 5.41 Å². The Kier molecular flexibility index (Phi) is 5.09. The molecule has 1 amide bonds. The van der Waals surface area contributed by atoms with Crippen LogP contribution in [0.4, 0.5) is 0 Å². The van der Waals surface area contributed by atoms with Gasteiger partial charge in [-0.1, -0.05) is 25.5 Å². The number of nitrogens with two attached hydrogens (primary N) is 1. The first-order chi connectivity index (χ1) is 19.0. The van der Waals surface area contributed by atoms with Crippen LogP contribution in [0.25, 0.3) is 10.8 Å². The fraction of sp³-hybridized carbons (Fsp3) is 0.400. The van der Waals surface area contributed by atoms with Gasteiger partial charge in [-0.3, -0.25) is 19.2 Å². The molecule has 11 nitrogen and oxygen atoms in total. The third-order valence-corrected chi connectivity index (χ3v) is 10.0. The minimum absolute atomic E-state index is 0.104. The summed E-state index contributed by atoms with van der Waals surface area (Å²) in [7, 11) is 1.42. The molecule has 0 radical (unpaired) electrons. The molecule has 4 aliphatic rings. The van der Waals surface area contributed by atoms with E-state index in [1.807, 2.05) is 20.8 Å². The summed E-state index contributed by atoms with van der Waals surface area (Å²) in [5, 5.41) is 56.7. The smallest absolute Gasteiger partial charge is 0.255 e. The number of aliphatic hydroxyl groups excluding tert-OH is 1. The van der Waals surface area contributed by atoms with Crippen molar-refractivity contribution in [2.24, 2.45) is 11.1 Å². The summed E-state index contributed by atoms with van der Waals surface area (Å²) in [5.41, 5.74) is -3.38. The van der Waals surface area contributed by atoms with E-state index in [-0.39, 0.29) is 22.8 Å². The molecule has 0 aromatic heterocycles. The average molecular weight is 564 g/mol. The third-order valence-electron chi connectivity index (χ3n) is 10.0. The van der Waals surface area contributed by atoms with Gasteiger partial charge in [0.2, 0.25) is 11.4 Å². The zero-order chi connectivity index (χ0) is 30.2. The van der Waals surface area contributed by atoms with Gasteiger partial charge in [-0.05, 0) is 37.2 Å². The molecule has 0 fully saturated rings. The van der Waals surface area contributed by atoms with E-state index in [2.05, 4.69) is 6.08 Å².